The molecule has 0 fully saturated rings. The molecule has 26 heavy (non-hydrogen) atoms. The highest BCUT2D eigenvalue weighted by Gasteiger charge is 2.25. The molecule has 0 aromatic heterocycles. The lowest BCUT2D eigenvalue weighted by molar-refractivity contribution is 0.273. The van der Waals surface area contributed by atoms with Crippen LogP contribution in [-0.4, -0.2) is 18.0 Å². The lowest BCUT2D eigenvalue weighted by Crippen LogP contribution is -2.17. The second kappa shape index (κ2) is 15.1. The first-order valence-electron chi connectivity index (χ1n) is 11.2. The van der Waals surface area contributed by atoms with E-state index in [2.05, 4.69) is 50.1 Å². The largest absolute Gasteiger partial charge is 0.478 e. The van der Waals surface area contributed by atoms with Crippen LogP contribution in [0.4, 0.5) is 0 Å². The van der Waals surface area contributed by atoms with Crippen LogP contribution in [0, 0.1) is 0 Å². The minimum absolute atomic E-state index is 0.00604. The minimum Gasteiger partial charge on any atom is -0.478 e. The van der Waals surface area contributed by atoms with Gasteiger partial charge < -0.3 is 4.74 Å². The number of aliphatic imine (C=N–C) groups is 1. The zero-order valence-electron chi connectivity index (χ0n) is 17.8. The first kappa shape index (κ1) is 23.0. The summed E-state index contributed by atoms with van der Waals surface area (Å²) in [6, 6.07) is 0. The Hall–Kier alpha value is -1.05. The van der Waals surface area contributed by atoms with Crippen LogP contribution in [0.2, 0.25) is 0 Å². The van der Waals surface area contributed by atoms with Gasteiger partial charge in [0.1, 0.15) is 6.61 Å². The van der Waals surface area contributed by atoms with Gasteiger partial charge in [-0.05, 0) is 58.8 Å². The van der Waals surface area contributed by atoms with E-state index in [0.717, 1.165) is 18.9 Å². The van der Waals surface area contributed by atoms with Gasteiger partial charge in [-0.1, -0.05) is 69.8 Å². The molecule has 0 amide bonds. The zero-order chi connectivity index (χ0) is 18.9. The predicted molar refractivity (Wildman–Crippen MR) is 116 cm³/mol. The summed E-state index contributed by atoms with van der Waals surface area (Å²) in [6.07, 6.45) is 27.4. The molecule has 0 saturated carbocycles. The Morgan fingerprint density at radius 2 is 1.31 bits per heavy atom. The van der Waals surface area contributed by atoms with Gasteiger partial charge in [-0.15, -0.1) is 0 Å². The molecule has 0 aliphatic carbocycles. The van der Waals surface area contributed by atoms with Crippen molar-refractivity contribution in [2.45, 2.75) is 116 Å². The number of allylic oxidation sites excluding steroid dienone is 4. The molecular formula is C24H43NO. The number of unbranched alkanes of at least 4 members (excludes halogenated alkanes) is 10. The van der Waals surface area contributed by atoms with Gasteiger partial charge in [0.15, 0.2) is 5.90 Å². The molecule has 0 bridgehead atoms. The SMILES string of the molecule is CCCCCC/C=C\CC/C=C\CCCCCCCC1=NC(C)(C)CO1. The fraction of sp³-hybridized carbons (Fsp3) is 0.792. The van der Waals surface area contributed by atoms with Crippen LogP contribution in [0.5, 0.6) is 0 Å². The Bertz CT molecular complexity index is 420. The minimum atomic E-state index is 0.00604. The molecular weight excluding hydrogens is 318 g/mol. The molecule has 0 radical (unpaired) electrons. The molecule has 2 heteroatoms. The molecule has 1 heterocycles. The Morgan fingerprint density at radius 3 is 1.88 bits per heavy atom. The van der Waals surface area contributed by atoms with E-state index >= 15 is 0 Å². The van der Waals surface area contributed by atoms with E-state index in [1.807, 2.05) is 0 Å². The van der Waals surface area contributed by atoms with Crippen molar-refractivity contribution in [2.75, 3.05) is 6.61 Å². The lowest BCUT2D eigenvalue weighted by Gasteiger charge is -2.07. The van der Waals surface area contributed by atoms with Crippen molar-refractivity contribution >= 4 is 5.90 Å². The summed E-state index contributed by atoms with van der Waals surface area (Å²) in [5.41, 5.74) is 0.00604. The van der Waals surface area contributed by atoms with E-state index in [1.54, 1.807) is 0 Å². The maximum atomic E-state index is 5.63. The van der Waals surface area contributed by atoms with Gasteiger partial charge in [-0.3, -0.25) is 0 Å². The monoisotopic (exact) mass is 361 g/mol. The number of hydrogen-bond donors (Lipinski definition) is 0. The number of nitrogens with zero attached hydrogens (tertiary/aromatic N) is 1. The Balaban J connectivity index is 1.81. The van der Waals surface area contributed by atoms with E-state index in [1.165, 1.54) is 83.5 Å². The highest BCUT2D eigenvalue weighted by molar-refractivity contribution is 5.78. The molecule has 0 spiro atoms. The fourth-order valence-electron chi connectivity index (χ4n) is 3.21. The first-order valence-corrected chi connectivity index (χ1v) is 11.2. The van der Waals surface area contributed by atoms with Crippen molar-refractivity contribution in [3.8, 4) is 0 Å². The van der Waals surface area contributed by atoms with Crippen LogP contribution < -0.4 is 0 Å². The van der Waals surface area contributed by atoms with E-state index < -0.39 is 0 Å². The number of rotatable bonds is 16. The predicted octanol–water partition coefficient (Wildman–Crippen LogP) is 7.79. The summed E-state index contributed by atoms with van der Waals surface area (Å²) in [6.45, 7) is 7.30. The molecule has 0 unspecified atom stereocenters. The summed E-state index contributed by atoms with van der Waals surface area (Å²) in [5, 5.41) is 0. The third kappa shape index (κ3) is 13.2. The van der Waals surface area contributed by atoms with Crippen molar-refractivity contribution < 1.29 is 4.74 Å². The van der Waals surface area contributed by atoms with Gasteiger partial charge in [0.05, 0.1) is 5.54 Å². The molecule has 2 nitrogen and oxygen atoms in total. The van der Waals surface area contributed by atoms with Crippen molar-refractivity contribution in [1.82, 2.24) is 0 Å². The molecule has 1 aliphatic heterocycles. The topological polar surface area (TPSA) is 21.6 Å². The van der Waals surface area contributed by atoms with Gasteiger partial charge >= 0.3 is 0 Å². The lowest BCUT2D eigenvalue weighted by atomic mass is 10.1. The second-order valence-electron chi connectivity index (χ2n) is 8.28. The maximum absolute atomic E-state index is 5.63. The summed E-state index contributed by atoms with van der Waals surface area (Å²) in [5.74, 6) is 0.980. The third-order valence-corrected chi connectivity index (χ3v) is 4.84. The van der Waals surface area contributed by atoms with Crippen LogP contribution in [0.15, 0.2) is 29.3 Å². The average molecular weight is 362 g/mol. The Labute approximate surface area is 163 Å². The van der Waals surface area contributed by atoms with E-state index in [9.17, 15) is 0 Å². The molecule has 0 atom stereocenters. The van der Waals surface area contributed by atoms with Crippen molar-refractivity contribution in [1.29, 1.82) is 0 Å². The smallest absolute Gasteiger partial charge is 0.183 e. The molecule has 150 valence electrons. The van der Waals surface area contributed by atoms with Crippen LogP contribution >= 0.6 is 0 Å². The number of hydrogen-bond acceptors (Lipinski definition) is 2. The zero-order valence-corrected chi connectivity index (χ0v) is 17.8. The van der Waals surface area contributed by atoms with Crippen molar-refractivity contribution in [2.24, 2.45) is 4.99 Å². The van der Waals surface area contributed by atoms with Crippen LogP contribution in [0.3, 0.4) is 0 Å². The van der Waals surface area contributed by atoms with Crippen LogP contribution in [0.25, 0.3) is 0 Å². The van der Waals surface area contributed by atoms with E-state index in [-0.39, 0.29) is 5.54 Å². The molecule has 0 aromatic rings. The molecule has 0 aromatic carbocycles. The van der Waals surface area contributed by atoms with Crippen LogP contribution in [0.1, 0.15) is 111 Å². The highest BCUT2D eigenvalue weighted by Crippen LogP contribution is 2.19. The first-order chi connectivity index (χ1) is 12.6. The quantitative estimate of drug-likeness (QED) is 0.203. The van der Waals surface area contributed by atoms with Gasteiger partial charge in [0.2, 0.25) is 0 Å². The number of ether oxygens (including phenoxy) is 1. The van der Waals surface area contributed by atoms with Gasteiger partial charge in [-0.2, -0.15) is 0 Å². The van der Waals surface area contributed by atoms with E-state index in [0.29, 0.717) is 0 Å². The summed E-state index contributed by atoms with van der Waals surface area (Å²) in [7, 11) is 0. The van der Waals surface area contributed by atoms with Crippen molar-refractivity contribution in [3.63, 3.8) is 0 Å². The van der Waals surface area contributed by atoms with Crippen LogP contribution in [-0.2, 0) is 4.74 Å². The third-order valence-electron chi connectivity index (χ3n) is 4.84. The summed E-state index contributed by atoms with van der Waals surface area (Å²) >= 11 is 0. The molecule has 0 N–H and O–H groups in total. The van der Waals surface area contributed by atoms with Gasteiger partial charge in [0, 0.05) is 6.42 Å². The highest BCUT2D eigenvalue weighted by atomic mass is 16.5. The van der Waals surface area contributed by atoms with Gasteiger partial charge in [-0.25, -0.2) is 4.99 Å². The normalized spacial score (nSPS) is 16.5. The Morgan fingerprint density at radius 1 is 0.769 bits per heavy atom. The molecule has 1 aliphatic rings. The molecule has 1 rings (SSSR count). The van der Waals surface area contributed by atoms with E-state index in [4.69, 9.17) is 4.74 Å². The van der Waals surface area contributed by atoms with Gasteiger partial charge in [0.25, 0.3) is 0 Å². The summed E-state index contributed by atoms with van der Waals surface area (Å²) in [4.78, 5) is 4.61. The summed E-state index contributed by atoms with van der Waals surface area (Å²) < 4.78 is 5.63. The maximum Gasteiger partial charge on any atom is 0.183 e. The fourth-order valence-corrected chi connectivity index (χ4v) is 3.21. The molecule has 0 saturated heterocycles. The second-order valence-corrected chi connectivity index (χ2v) is 8.28. The Kier molecular flexibility index (Phi) is 13.3. The average Bonchev–Trinajstić information content (AvgIpc) is 2.96. The van der Waals surface area contributed by atoms with Crippen molar-refractivity contribution in [3.05, 3.63) is 24.3 Å². The standard InChI is InChI=1S/C24H43NO/c1-4-5-6-7-8-9-10-11-12-13-14-15-16-17-18-19-20-21-23-25-24(2,3)22-26-23/h9-10,13-14H,4-8,11-12,15-22H2,1-3H3/b10-9-,14-13-.